The lowest BCUT2D eigenvalue weighted by molar-refractivity contribution is -0.139. The maximum absolute atomic E-state index is 12.2. The smallest absolute Gasteiger partial charge is 0.343 e. The third kappa shape index (κ3) is 5.41. The van der Waals surface area contributed by atoms with Gasteiger partial charge in [-0.1, -0.05) is 0 Å². The second-order valence-corrected chi connectivity index (χ2v) is 6.75. The van der Waals surface area contributed by atoms with Gasteiger partial charge in [0.2, 0.25) is 0 Å². The van der Waals surface area contributed by atoms with E-state index in [-0.39, 0.29) is 12.5 Å². The number of hydrogen-bond donors (Lipinski definition) is 3. The number of carbonyl (C=O) groups is 3. The summed E-state index contributed by atoms with van der Waals surface area (Å²) in [7, 11) is 0. The first kappa shape index (κ1) is 21.1. The molecule has 2 heterocycles. The molecule has 0 aliphatic heterocycles. The number of amides is 2. The van der Waals surface area contributed by atoms with E-state index >= 15 is 0 Å². The van der Waals surface area contributed by atoms with Gasteiger partial charge in [0.05, 0.1) is 11.4 Å². The first-order valence-electron chi connectivity index (χ1n) is 9.07. The maximum Gasteiger partial charge on any atom is 0.343 e. The highest BCUT2D eigenvalue weighted by Crippen LogP contribution is 2.05. The molecule has 2 aromatic heterocycles. The molecule has 1 atom stereocenters. The molecule has 0 aromatic carbocycles. The highest BCUT2D eigenvalue weighted by molar-refractivity contribution is 5.83. The van der Waals surface area contributed by atoms with Gasteiger partial charge in [-0.3, -0.25) is 0 Å². The molecule has 2 aromatic rings. The molecule has 152 valence electrons. The number of carboxylic acid groups (broad SMARTS) is 1. The number of aliphatic carboxylic acids is 1. The molecule has 10 nitrogen and oxygen atoms in total. The third-order valence-corrected chi connectivity index (χ3v) is 4.20. The average Bonchev–Trinajstić information content (AvgIpc) is 3.13. The molecule has 2 rings (SSSR count). The monoisotopic (exact) mass is 390 g/mol. The van der Waals surface area contributed by atoms with Gasteiger partial charge in [0, 0.05) is 17.9 Å². The molecule has 0 unspecified atom stereocenters. The van der Waals surface area contributed by atoms with Crippen molar-refractivity contribution in [2.24, 2.45) is 0 Å². The predicted octanol–water partition coefficient (Wildman–Crippen LogP) is 1.75. The highest BCUT2D eigenvalue weighted by atomic mass is 16.4. The molecule has 10 heteroatoms. The van der Waals surface area contributed by atoms with Crippen LogP contribution in [0.15, 0.2) is 12.1 Å². The Kier molecular flexibility index (Phi) is 6.91. The summed E-state index contributed by atoms with van der Waals surface area (Å²) < 4.78 is 2.45. The number of unbranched alkanes of at least 4 members (excludes halogenated alkanes) is 1. The van der Waals surface area contributed by atoms with E-state index in [2.05, 4.69) is 20.8 Å². The van der Waals surface area contributed by atoms with Crippen LogP contribution in [0.5, 0.6) is 0 Å². The number of nitrogens with one attached hydrogen (secondary N) is 2. The lowest BCUT2D eigenvalue weighted by Crippen LogP contribution is -2.43. The van der Waals surface area contributed by atoms with Crippen molar-refractivity contribution in [2.45, 2.75) is 53.0 Å². The van der Waals surface area contributed by atoms with Gasteiger partial charge in [0.15, 0.2) is 0 Å². The van der Waals surface area contributed by atoms with E-state index in [0.717, 1.165) is 16.1 Å². The number of rotatable bonds is 7. The van der Waals surface area contributed by atoms with Crippen LogP contribution in [0, 0.1) is 27.7 Å². The predicted molar refractivity (Wildman–Crippen MR) is 101 cm³/mol. The van der Waals surface area contributed by atoms with Crippen LogP contribution in [0.2, 0.25) is 0 Å². The number of aryl methyl sites for hydroxylation is 4. The molecule has 0 saturated carbocycles. The van der Waals surface area contributed by atoms with E-state index in [1.54, 1.807) is 26.8 Å². The van der Waals surface area contributed by atoms with E-state index in [4.69, 9.17) is 0 Å². The molecular weight excluding hydrogens is 364 g/mol. The van der Waals surface area contributed by atoms with Crippen molar-refractivity contribution < 1.29 is 19.5 Å². The number of carboxylic acids is 1. The first-order valence-corrected chi connectivity index (χ1v) is 9.07. The Morgan fingerprint density at radius 2 is 1.50 bits per heavy atom. The van der Waals surface area contributed by atoms with Crippen molar-refractivity contribution in [3.05, 3.63) is 34.9 Å². The van der Waals surface area contributed by atoms with Crippen LogP contribution in [-0.4, -0.2) is 55.3 Å². The van der Waals surface area contributed by atoms with Gasteiger partial charge in [-0.15, -0.1) is 0 Å². The van der Waals surface area contributed by atoms with E-state index in [1.165, 1.54) is 4.68 Å². The summed E-state index contributed by atoms with van der Waals surface area (Å²) in [6, 6.07) is 1.63. The quantitative estimate of drug-likeness (QED) is 0.617. The van der Waals surface area contributed by atoms with Crippen LogP contribution in [0.4, 0.5) is 9.59 Å². The number of hydrogen-bond acceptors (Lipinski definition) is 5. The fourth-order valence-electron chi connectivity index (χ4n) is 2.88. The molecule has 0 bridgehead atoms. The topological polar surface area (TPSA) is 131 Å². The highest BCUT2D eigenvalue weighted by Gasteiger charge is 2.21. The first-order chi connectivity index (χ1) is 13.2. The SMILES string of the molecule is Cc1cc(C)n(C(=O)NCCCC[C@H](NC(=O)n2nc(C)cc2C)C(=O)O)n1. The largest absolute Gasteiger partial charge is 0.480 e. The zero-order chi connectivity index (χ0) is 20.8. The summed E-state index contributed by atoms with van der Waals surface area (Å²) in [6.45, 7) is 7.47. The number of carbonyl (C=O) groups excluding carboxylic acids is 2. The van der Waals surface area contributed by atoms with Gasteiger partial charge in [-0.25, -0.2) is 14.4 Å². The van der Waals surface area contributed by atoms with E-state index in [0.29, 0.717) is 30.8 Å². The minimum atomic E-state index is -1.11. The van der Waals surface area contributed by atoms with Gasteiger partial charge < -0.3 is 15.7 Å². The van der Waals surface area contributed by atoms with E-state index in [9.17, 15) is 19.5 Å². The molecule has 0 radical (unpaired) electrons. The zero-order valence-corrected chi connectivity index (χ0v) is 16.5. The molecule has 28 heavy (non-hydrogen) atoms. The molecule has 0 fully saturated rings. The van der Waals surface area contributed by atoms with Crippen molar-refractivity contribution in [1.29, 1.82) is 0 Å². The minimum Gasteiger partial charge on any atom is -0.480 e. The molecule has 0 saturated heterocycles. The summed E-state index contributed by atoms with van der Waals surface area (Å²) in [5.41, 5.74) is 2.81. The Balaban J connectivity index is 1.78. The maximum atomic E-state index is 12.2. The van der Waals surface area contributed by atoms with E-state index < -0.39 is 18.0 Å². The molecule has 3 N–H and O–H groups in total. The van der Waals surface area contributed by atoms with Crippen LogP contribution >= 0.6 is 0 Å². The zero-order valence-electron chi connectivity index (χ0n) is 16.5. The molecule has 0 aliphatic rings. The van der Waals surface area contributed by atoms with Gasteiger partial charge >= 0.3 is 18.0 Å². The normalized spacial score (nSPS) is 11.9. The van der Waals surface area contributed by atoms with Crippen LogP contribution < -0.4 is 10.6 Å². The van der Waals surface area contributed by atoms with Crippen molar-refractivity contribution >= 4 is 18.0 Å². The van der Waals surface area contributed by atoms with Crippen molar-refractivity contribution in [3.8, 4) is 0 Å². The molecule has 0 spiro atoms. The van der Waals surface area contributed by atoms with Gasteiger partial charge in [-0.05, 0) is 59.1 Å². The van der Waals surface area contributed by atoms with Gasteiger partial charge in [0.1, 0.15) is 6.04 Å². The van der Waals surface area contributed by atoms with Gasteiger partial charge in [0.25, 0.3) is 0 Å². The van der Waals surface area contributed by atoms with Crippen LogP contribution in [0.3, 0.4) is 0 Å². The Morgan fingerprint density at radius 1 is 0.964 bits per heavy atom. The lowest BCUT2D eigenvalue weighted by atomic mass is 10.1. The standard InChI is InChI=1S/C18H26N6O4/c1-11-9-13(3)23(21-11)17(27)19-8-6-5-7-15(16(25)26)20-18(28)24-14(4)10-12(2)22-24/h9-10,15H,5-8H2,1-4H3,(H,19,27)(H,20,28)(H,25,26)/t15-/m0/s1. The lowest BCUT2D eigenvalue weighted by Gasteiger charge is -2.15. The van der Waals surface area contributed by atoms with Gasteiger partial charge in [-0.2, -0.15) is 19.6 Å². The fraction of sp³-hybridized carbons (Fsp3) is 0.500. The second kappa shape index (κ2) is 9.16. The van der Waals surface area contributed by atoms with E-state index in [1.807, 2.05) is 13.0 Å². The van der Waals surface area contributed by atoms with Crippen molar-refractivity contribution in [1.82, 2.24) is 30.2 Å². The minimum absolute atomic E-state index is 0.246. The Morgan fingerprint density at radius 3 is 1.96 bits per heavy atom. The summed E-state index contributed by atoms with van der Waals surface area (Å²) >= 11 is 0. The second-order valence-electron chi connectivity index (χ2n) is 6.75. The Hall–Kier alpha value is -3.17. The summed E-state index contributed by atoms with van der Waals surface area (Å²) in [5.74, 6) is -1.11. The number of aromatic nitrogens is 4. The number of nitrogens with zero attached hydrogens (tertiary/aromatic N) is 4. The van der Waals surface area contributed by atoms with Crippen molar-refractivity contribution in [2.75, 3.05) is 6.54 Å². The van der Waals surface area contributed by atoms with Crippen LogP contribution in [-0.2, 0) is 4.79 Å². The van der Waals surface area contributed by atoms with Crippen molar-refractivity contribution in [3.63, 3.8) is 0 Å². The molecule has 2 amide bonds. The Labute approximate surface area is 162 Å². The Bertz CT molecular complexity index is 870. The third-order valence-electron chi connectivity index (χ3n) is 4.20. The summed E-state index contributed by atoms with van der Waals surface area (Å²) in [4.78, 5) is 35.7. The molecular formula is C18H26N6O4. The molecule has 0 aliphatic carbocycles. The van der Waals surface area contributed by atoms with Crippen LogP contribution in [0.25, 0.3) is 0 Å². The fourth-order valence-corrected chi connectivity index (χ4v) is 2.88. The average molecular weight is 390 g/mol. The summed E-state index contributed by atoms with van der Waals surface area (Å²) in [5, 5.41) is 22.7. The summed E-state index contributed by atoms with van der Waals surface area (Å²) in [6.07, 6.45) is 1.34. The van der Waals surface area contributed by atoms with Crippen LogP contribution in [0.1, 0.15) is 42.0 Å².